The van der Waals surface area contributed by atoms with Gasteiger partial charge in [0.1, 0.15) is 0 Å². The highest BCUT2D eigenvalue weighted by molar-refractivity contribution is 7.10. The lowest BCUT2D eigenvalue weighted by molar-refractivity contribution is 0.0992. The van der Waals surface area contributed by atoms with Gasteiger partial charge in [0, 0.05) is 24.4 Å². The number of fused-ring (bicyclic) bond motifs is 2. The van der Waals surface area contributed by atoms with Gasteiger partial charge < -0.3 is 15.4 Å². The van der Waals surface area contributed by atoms with Crippen molar-refractivity contribution in [3.05, 3.63) is 22.4 Å². The molecule has 0 saturated carbocycles. The first-order chi connectivity index (χ1) is 9.76. The van der Waals surface area contributed by atoms with Crippen LogP contribution in [0.5, 0.6) is 0 Å². The summed E-state index contributed by atoms with van der Waals surface area (Å²) < 4.78 is 5.87. The quantitative estimate of drug-likeness (QED) is 0.661. The van der Waals surface area contributed by atoms with E-state index in [9.17, 15) is 0 Å². The van der Waals surface area contributed by atoms with Crippen LogP contribution in [0, 0.1) is 0 Å². The molecule has 2 bridgehead atoms. The summed E-state index contributed by atoms with van der Waals surface area (Å²) in [5.41, 5.74) is 0. The van der Waals surface area contributed by atoms with E-state index in [-0.39, 0.29) is 0 Å². The molecule has 0 radical (unpaired) electrons. The number of hydrogen-bond acceptors (Lipinski definition) is 3. The molecule has 3 rings (SSSR count). The van der Waals surface area contributed by atoms with E-state index in [0.29, 0.717) is 24.2 Å². The molecule has 4 unspecified atom stereocenters. The second kappa shape index (κ2) is 6.14. The van der Waals surface area contributed by atoms with Crippen LogP contribution in [0.1, 0.15) is 37.0 Å². The van der Waals surface area contributed by atoms with E-state index in [1.807, 2.05) is 18.4 Å². The predicted molar refractivity (Wildman–Crippen MR) is 83.5 cm³/mol. The molecule has 0 aromatic carbocycles. The highest BCUT2D eigenvalue weighted by atomic mass is 32.1. The lowest BCUT2D eigenvalue weighted by Crippen LogP contribution is -2.48. The third-order valence-corrected chi connectivity index (χ3v) is 5.36. The van der Waals surface area contributed by atoms with E-state index in [1.165, 1.54) is 17.7 Å². The van der Waals surface area contributed by atoms with Crippen LogP contribution in [0.15, 0.2) is 22.5 Å². The zero-order chi connectivity index (χ0) is 13.9. The second-order valence-electron chi connectivity index (χ2n) is 5.73. The van der Waals surface area contributed by atoms with Gasteiger partial charge in [-0.3, -0.25) is 4.99 Å². The minimum atomic E-state index is 0.383. The van der Waals surface area contributed by atoms with Crippen molar-refractivity contribution in [2.24, 2.45) is 4.99 Å². The maximum atomic E-state index is 5.87. The Balaban J connectivity index is 1.48. The van der Waals surface area contributed by atoms with Crippen LogP contribution in [0.3, 0.4) is 0 Å². The average Bonchev–Trinajstić information content (AvgIpc) is 3.18. The topological polar surface area (TPSA) is 45.7 Å². The molecule has 2 fully saturated rings. The number of rotatable bonds is 4. The first kappa shape index (κ1) is 13.9. The first-order valence-corrected chi connectivity index (χ1v) is 8.30. The predicted octanol–water partition coefficient (Wildman–Crippen LogP) is 2.34. The fourth-order valence-corrected chi connectivity index (χ4v) is 3.87. The van der Waals surface area contributed by atoms with Gasteiger partial charge in [-0.05, 0) is 30.7 Å². The van der Waals surface area contributed by atoms with Crippen LogP contribution in [0.4, 0.5) is 0 Å². The SMILES string of the molecule is CN=C(NCC(C)c1cccs1)NC1CC2CCC1O2. The van der Waals surface area contributed by atoms with Crippen LogP contribution in [-0.4, -0.2) is 37.8 Å². The Hall–Kier alpha value is -1.07. The van der Waals surface area contributed by atoms with Crippen LogP contribution < -0.4 is 10.6 Å². The lowest BCUT2D eigenvalue weighted by atomic mass is 9.96. The maximum absolute atomic E-state index is 5.87. The van der Waals surface area contributed by atoms with E-state index in [1.54, 1.807) is 0 Å². The van der Waals surface area contributed by atoms with E-state index in [4.69, 9.17) is 4.74 Å². The maximum Gasteiger partial charge on any atom is 0.191 e. The van der Waals surface area contributed by atoms with Gasteiger partial charge >= 0.3 is 0 Å². The monoisotopic (exact) mass is 293 g/mol. The molecule has 110 valence electrons. The summed E-state index contributed by atoms with van der Waals surface area (Å²) in [5.74, 6) is 1.40. The number of nitrogens with one attached hydrogen (secondary N) is 2. The Bertz CT molecular complexity index is 460. The molecular formula is C15H23N3OS. The van der Waals surface area contributed by atoms with Crippen LogP contribution in [0.2, 0.25) is 0 Å². The Kier molecular flexibility index (Phi) is 4.27. The molecule has 0 aliphatic carbocycles. The fraction of sp³-hybridized carbons (Fsp3) is 0.667. The summed E-state index contributed by atoms with van der Waals surface area (Å²) in [6.07, 6.45) is 4.38. The van der Waals surface area contributed by atoms with Gasteiger partial charge in [0.05, 0.1) is 18.2 Å². The minimum Gasteiger partial charge on any atom is -0.373 e. The number of thiophene rings is 1. The standard InChI is InChI=1S/C15H23N3OS/c1-10(14-4-3-7-20-14)9-17-15(16-2)18-12-8-11-5-6-13(12)19-11/h3-4,7,10-13H,5-6,8-9H2,1-2H3,(H2,16,17,18). The summed E-state index contributed by atoms with van der Waals surface area (Å²) >= 11 is 1.81. The van der Waals surface area contributed by atoms with Crippen molar-refractivity contribution in [3.63, 3.8) is 0 Å². The van der Waals surface area contributed by atoms with Crippen LogP contribution in [-0.2, 0) is 4.74 Å². The van der Waals surface area contributed by atoms with Gasteiger partial charge in [-0.2, -0.15) is 0 Å². The summed E-state index contributed by atoms with van der Waals surface area (Å²) in [4.78, 5) is 5.74. The molecule has 1 aromatic rings. The normalized spacial score (nSPS) is 30.5. The van der Waals surface area contributed by atoms with E-state index < -0.39 is 0 Å². The fourth-order valence-electron chi connectivity index (χ4n) is 3.08. The number of aliphatic imine (C=N–C) groups is 1. The van der Waals surface area contributed by atoms with E-state index >= 15 is 0 Å². The Morgan fingerprint density at radius 1 is 1.55 bits per heavy atom. The number of guanidine groups is 1. The summed E-state index contributed by atoms with van der Waals surface area (Å²) in [7, 11) is 1.83. The van der Waals surface area contributed by atoms with Crippen molar-refractivity contribution >= 4 is 17.3 Å². The Morgan fingerprint density at radius 3 is 3.05 bits per heavy atom. The zero-order valence-corrected chi connectivity index (χ0v) is 13.0. The molecule has 4 nitrogen and oxygen atoms in total. The first-order valence-electron chi connectivity index (χ1n) is 7.42. The van der Waals surface area contributed by atoms with Gasteiger partial charge in [0.25, 0.3) is 0 Å². The van der Waals surface area contributed by atoms with Crippen molar-refractivity contribution in [3.8, 4) is 0 Å². The van der Waals surface area contributed by atoms with E-state index in [2.05, 4.69) is 40.1 Å². The summed E-state index contributed by atoms with van der Waals surface area (Å²) in [6, 6.07) is 4.73. The highest BCUT2D eigenvalue weighted by Gasteiger charge is 2.41. The molecule has 0 spiro atoms. The molecule has 2 aliphatic heterocycles. The molecule has 3 heterocycles. The Morgan fingerprint density at radius 2 is 2.45 bits per heavy atom. The smallest absolute Gasteiger partial charge is 0.191 e. The van der Waals surface area contributed by atoms with Crippen LogP contribution >= 0.6 is 11.3 Å². The van der Waals surface area contributed by atoms with Crippen molar-refractivity contribution < 1.29 is 4.74 Å². The molecule has 2 saturated heterocycles. The molecule has 2 N–H and O–H groups in total. The van der Waals surface area contributed by atoms with Gasteiger partial charge in [-0.1, -0.05) is 13.0 Å². The van der Waals surface area contributed by atoms with Crippen molar-refractivity contribution in [2.45, 2.75) is 50.4 Å². The van der Waals surface area contributed by atoms with E-state index in [0.717, 1.165) is 18.9 Å². The summed E-state index contributed by atoms with van der Waals surface area (Å²) in [6.45, 7) is 3.15. The van der Waals surface area contributed by atoms with Crippen molar-refractivity contribution in [1.82, 2.24) is 10.6 Å². The number of hydrogen-bond donors (Lipinski definition) is 2. The van der Waals surface area contributed by atoms with Gasteiger partial charge in [0.15, 0.2) is 5.96 Å². The van der Waals surface area contributed by atoms with Crippen molar-refractivity contribution in [1.29, 1.82) is 0 Å². The van der Waals surface area contributed by atoms with Gasteiger partial charge in [-0.25, -0.2) is 0 Å². The summed E-state index contributed by atoms with van der Waals surface area (Å²) in [5, 5.41) is 9.08. The second-order valence-corrected chi connectivity index (χ2v) is 6.71. The molecule has 4 atom stereocenters. The molecule has 20 heavy (non-hydrogen) atoms. The molecular weight excluding hydrogens is 270 g/mol. The highest BCUT2D eigenvalue weighted by Crippen LogP contribution is 2.34. The lowest BCUT2D eigenvalue weighted by Gasteiger charge is -2.23. The average molecular weight is 293 g/mol. The third kappa shape index (κ3) is 2.99. The number of ether oxygens (including phenoxy) is 1. The molecule has 5 heteroatoms. The third-order valence-electron chi connectivity index (χ3n) is 4.26. The van der Waals surface area contributed by atoms with Gasteiger partial charge in [0.2, 0.25) is 0 Å². The molecule has 0 amide bonds. The zero-order valence-electron chi connectivity index (χ0n) is 12.1. The largest absolute Gasteiger partial charge is 0.373 e. The van der Waals surface area contributed by atoms with Gasteiger partial charge in [-0.15, -0.1) is 11.3 Å². The van der Waals surface area contributed by atoms with Crippen LogP contribution in [0.25, 0.3) is 0 Å². The molecule has 1 aromatic heterocycles. The minimum absolute atomic E-state index is 0.383. The molecule has 2 aliphatic rings. The Labute approximate surface area is 124 Å². The number of nitrogens with zero attached hydrogens (tertiary/aromatic N) is 1. The van der Waals surface area contributed by atoms with Crippen molar-refractivity contribution in [2.75, 3.05) is 13.6 Å².